The van der Waals surface area contributed by atoms with Crippen LogP contribution in [0, 0.1) is 13.8 Å². The number of hydrogen-bond donors (Lipinski definition) is 1. The molecule has 0 atom stereocenters. The molecule has 0 bridgehead atoms. The van der Waals surface area contributed by atoms with Crippen LogP contribution in [0.1, 0.15) is 28.7 Å². The molecule has 126 valence electrons. The number of pyridine rings is 1. The molecule has 1 aliphatic carbocycles. The third-order valence-electron chi connectivity index (χ3n) is 4.16. The zero-order valence-electron chi connectivity index (χ0n) is 13.8. The quantitative estimate of drug-likeness (QED) is 0.925. The Hall–Kier alpha value is -2.21. The number of aromatic nitrogens is 1. The molecule has 1 amide bonds. The lowest BCUT2D eigenvalue weighted by Gasteiger charge is -2.09. The van der Waals surface area contributed by atoms with Crippen LogP contribution in [0.4, 0.5) is 5.69 Å². The molecule has 1 aromatic heterocycles. The van der Waals surface area contributed by atoms with Gasteiger partial charge in [-0.05, 0) is 67.5 Å². The van der Waals surface area contributed by atoms with E-state index in [2.05, 4.69) is 10.3 Å². The average molecular weight is 344 g/mol. The van der Waals surface area contributed by atoms with E-state index in [1.165, 1.54) is 17.3 Å². The van der Waals surface area contributed by atoms with Crippen molar-refractivity contribution >= 4 is 21.4 Å². The Morgan fingerprint density at radius 2 is 1.92 bits per heavy atom. The van der Waals surface area contributed by atoms with Crippen LogP contribution in [-0.2, 0) is 27.5 Å². The van der Waals surface area contributed by atoms with Gasteiger partial charge in [0.2, 0.25) is 15.7 Å². The molecule has 0 radical (unpaired) electrons. The van der Waals surface area contributed by atoms with Crippen molar-refractivity contribution in [2.75, 3.05) is 11.1 Å². The zero-order chi connectivity index (χ0) is 17.3. The van der Waals surface area contributed by atoms with Crippen LogP contribution in [-0.4, -0.2) is 25.1 Å². The number of nitrogens with one attached hydrogen (secondary N) is 1. The molecule has 3 rings (SSSR count). The number of fused-ring (bicyclic) bond motifs is 1. The van der Waals surface area contributed by atoms with Gasteiger partial charge in [-0.15, -0.1) is 0 Å². The van der Waals surface area contributed by atoms with Crippen LogP contribution in [0.3, 0.4) is 0 Å². The molecule has 1 N–H and O–H groups in total. The van der Waals surface area contributed by atoms with Gasteiger partial charge in [-0.1, -0.05) is 12.1 Å². The van der Waals surface area contributed by atoms with Crippen LogP contribution in [0.2, 0.25) is 0 Å². The SMILES string of the molecule is Cc1cnc(S(=O)(=O)CC(=O)Nc2ccc3c(c2)CCC3)c(C)c1. The summed E-state index contributed by atoms with van der Waals surface area (Å²) in [6, 6.07) is 7.50. The molecule has 2 aromatic rings. The lowest BCUT2D eigenvalue weighted by atomic mass is 10.1. The smallest absolute Gasteiger partial charge is 0.240 e. The van der Waals surface area contributed by atoms with Gasteiger partial charge in [-0.2, -0.15) is 0 Å². The third-order valence-corrected chi connectivity index (χ3v) is 5.82. The number of hydrogen-bond acceptors (Lipinski definition) is 4. The van der Waals surface area contributed by atoms with Gasteiger partial charge in [0, 0.05) is 11.9 Å². The fourth-order valence-electron chi connectivity index (χ4n) is 3.12. The molecule has 0 saturated carbocycles. The number of carbonyl (C=O) groups excluding carboxylic acids is 1. The highest BCUT2D eigenvalue weighted by Crippen LogP contribution is 2.25. The number of carbonyl (C=O) groups is 1. The summed E-state index contributed by atoms with van der Waals surface area (Å²) in [6.07, 6.45) is 4.69. The Labute approximate surface area is 142 Å². The van der Waals surface area contributed by atoms with Gasteiger partial charge >= 0.3 is 0 Å². The standard InChI is InChI=1S/C18H20N2O3S/c1-12-8-13(2)18(19-10-12)24(22,23)11-17(21)20-16-7-6-14-4-3-5-15(14)9-16/h6-10H,3-5,11H2,1-2H3,(H,20,21). The maximum absolute atomic E-state index is 12.4. The summed E-state index contributed by atoms with van der Waals surface area (Å²) in [5, 5.41) is 2.65. The van der Waals surface area contributed by atoms with Crippen molar-refractivity contribution in [3.8, 4) is 0 Å². The van der Waals surface area contributed by atoms with E-state index >= 15 is 0 Å². The van der Waals surface area contributed by atoms with E-state index in [4.69, 9.17) is 0 Å². The Bertz CT molecular complexity index is 904. The number of nitrogens with zero attached hydrogens (tertiary/aromatic N) is 1. The Balaban J connectivity index is 1.74. The van der Waals surface area contributed by atoms with Crippen LogP contribution in [0.25, 0.3) is 0 Å². The summed E-state index contributed by atoms with van der Waals surface area (Å²) < 4.78 is 24.9. The molecule has 5 nitrogen and oxygen atoms in total. The summed E-state index contributed by atoms with van der Waals surface area (Å²) >= 11 is 0. The molecule has 24 heavy (non-hydrogen) atoms. The van der Waals surface area contributed by atoms with Gasteiger partial charge in [0.15, 0.2) is 5.03 Å². The molecule has 0 spiro atoms. The second kappa shape index (κ2) is 6.36. The number of benzene rings is 1. The minimum atomic E-state index is -3.76. The minimum absolute atomic E-state index is 0.0304. The zero-order valence-corrected chi connectivity index (χ0v) is 14.6. The van der Waals surface area contributed by atoms with Crippen molar-refractivity contribution in [3.63, 3.8) is 0 Å². The highest BCUT2D eigenvalue weighted by atomic mass is 32.2. The topological polar surface area (TPSA) is 76.1 Å². The monoisotopic (exact) mass is 344 g/mol. The van der Waals surface area contributed by atoms with Crippen LogP contribution < -0.4 is 5.32 Å². The summed E-state index contributed by atoms with van der Waals surface area (Å²) in [5.41, 5.74) is 4.62. The first-order valence-electron chi connectivity index (χ1n) is 7.93. The van der Waals surface area contributed by atoms with E-state index in [0.717, 1.165) is 24.8 Å². The molecule has 0 aliphatic heterocycles. The van der Waals surface area contributed by atoms with Crippen molar-refractivity contribution in [2.24, 2.45) is 0 Å². The summed E-state index contributed by atoms with van der Waals surface area (Å²) in [6.45, 7) is 3.53. The average Bonchev–Trinajstić information content (AvgIpc) is 2.93. The van der Waals surface area contributed by atoms with Gasteiger partial charge in [0.05, 0.1) is 0 Å². The van der Waals surface area contributed by atoms with Gasteiger partial charge < -0.3 is 5.32 Å². The molecular formula is C18H20N2O3S. The van der Waals surface area contributed by atoms with Gasteiger partial charge in [0.1, 0.15) is 5.75 Å². The maximum atomic E-state index is 12.4. The Morgan fingerprint density at radius 1 is 1.17 bits per heavy atom. The van der Waals surface area contributed by atoms with E-state index in [1.54, 1.807) is 13.0 Å². The Morgan fingerprint density at radius 3 is 2.67 bits per heavy atom. The van der Waals surface area contributed by atoms with E-state index in [1.807, 2.05) is 25.1 Å². The third kappa shape index (κ3) is 3.48. The Kier molecular flexibility index (Phi) is 4.41. The number of rotatable bonds is 4. The van der Waals surface area contributed by atoms with Gasteiger partial charge in [-0.3, -0.25) is 4.79 Å². The van der Waals surface area contributed by atoms with Crippen molar-refractivity contribution in [2.45, 2.75) is 38.1 Å². The summed E-state index contributed by atoms with van der Waals surface area (Å²) in [4.78, 5) is 16.2. The van der Waals surface area contributed by atoms with Crippen LogP contribution >= 0.6 is 0 Å². The largest absolute Gasteiger partial charge is 0.325 e. The lowest BCUT2D eigenvalue weighted by Crippen LogP contribution is -2.24. The van der Waals surface area contributed by atoms with E-state index in [0.29, 0.717) is 11.3 Å². The fraction of sp³-hybridized carbons (Fsp3) is 0.333. The van der Waals surface area contributed by atoms with Crippen LogP contribution in [0.15, 0.2) is 35.5 Å². The molecule has 1 heterocycles. The predicted molar refractivity (Wildman–Crippen MR) is 92.9 cm³/mol. The van der Waals surface area contributed by atoms with Gasteiger partial charge in [-0.25, -0.2) is 13.4 Å². The summed E-state index contributed by atoms with van der Waals surface area (Å²) in [7, 11) is -3.76. The fourth-order valence-corrected chi connectivity index (χ4v) is 4.43. The number of amides is 1. The molecule has 0 saturated heterocycles. The van der Waals surface area contributed by atoms with E-state index in [-0.39, 0.29) is 5.03 Å². The molecule has 1 aliphatic rings. The van der Waals surface area contributed by atoms with E-state index in [9.17, 15) is 13.2 Å². The second-order valence-corrected chi connectivity index (χ2v) is 8.18. The number of anilines is 1. The van der Waals surface area contributed by atoms with Crippen LogP contribution in [0.5, 0.6) is 0 Å². The molecule has 1 aromatic carbocycles. The minimum Gasteiger partial charge on any atom is -0.325 e. The summed E-state index contributed by atoms with van der Waals surface area (Å²) in [5.74, 6) is -1.16. The molecule has 0 fully saturated rings. The normalized spacial score (nSPS) is 13.6. The van der Waals surface area contributed by atoms with E-state index < -0.39 is 21.5 Å². The predicted octanol–water partition coefficient (Wildman–Crippen LogP) is 2.60. The first-order chi connectivity index (χ1) is 11.3. The molecular weight excluding hydrogens is 324 g/mol. The molecule has 6 heteroatoms. The maximum Gasteiger partial charge on any atom is 0.240 e. The van der Waals surface area contributed by atoms with Crippen molar-refractivity contribution in [3.05, 3.63) is 52.7 Å². The van der Waals surface area contributed by atoms with Gasteiger partial charge in [0.25, 0.3) is 0 Å². The second-order valence-electron chi connectivity index (χ2n) is 6.28. The highest BCUT2D eigenvalue weighted by Gasteiger charge is 2.23. The lowest BCUT2D eigenvalue weighted by molar-refractivity contribution is -0.113. The van der Waals surface area contributed by atoms with Crippen molar-refractivity contribution in [1.29, 1.82) is 0 Å². The molecule has 0 unspecified atom stereocenters. The first-order valence-corrected chi connectivity index (χ1v) is 9.58. The highest BCUT2D eigenvalue weighted by molar-refractivity contribution is 7.92. The van der Waals surface area contributed by atoms with Crippen molar-refractivity contribution in [1.82, 2.24) is 4.98 Å². The van der Waals surface area contributed by atoms with Crippen molar-refractivity contribution < 1.29 is 13.2 Å². The number of aryl methyl sites for hydroxylation is 4. The first kappa shape index (κ1) is 16.6. The number of sulfone groups is 1.